The molecule has 0 radical (unpaired) electrons. The van der Waals surface area contributed by atoms with E-state index >= 15 is 0 Å². The lowest BCUT2D eigenvalue weighted by Gasteiger charge is -2.43. The van der Waals surface area contributed by atoms with Crippen molar-refractivity contribution in [3.8, 4) is 0 Å². The molecule has 0 spiro atoms. The molecule has 1 saturated heterocycles. The van der Waals surface area contributed by atoms with Gasteiger partial charge in [-0.2, -0.15) is 0 Å². The Bertz CT molecular complexity index is 378. The number of ether oxygens (including phenoxy) is 1. The first-order chi connectivity index (χ1) is 10.1. The molecule has 2 aliphatic carbocycles. The molecule has 1 amide bonds. The minimum absolute atomic E-state index is 0.125. The van der Waals surface area contributed by atoms with Gasteiger partial charge in [-0.05, 0) is 51.4 Å². The summed E-state index contributed by atoms with van der Waals surface area (Å²) in [5.41, 5.74) is -0.610. The van der Waals surface area contributed by atoms with Crippen LogP contribution < -0.4 is 0 Å². The van der Waals surface area contributed by atoms with Gasteiger partial charge >= 0.3 is 0 Å². The fourth-order valence-electron chi connectivity index (χ4n) is 4.15. The maximum atomic E-state index is 12.4. The van der Waals surface area contributed by atoms with Gasteiger partial charge in [-0.15, -0.1) is 0 Å². The van der Waals surface area contributed by atoms with E-state index in [-0.39, 0.29) is 24.5 Å². The normalized spacial score (nSPS) is 37.0. The van der Waals surface area contributed by atoms with Crippen LogP contribution in [0.4, 0.5) is 0 Å². The predicted octanol–water partition coefficient (Wildman–Crippen LogP) is 2.35. The lowest BCUT2D eigenvalue weighted by Crippen LogP contribution is -2.51. The van der Waals surface area contributed by atoms with E-state index in [1.807, 2.05) is 11.8 Å². The molecule has 3 atom stereocenters. The third kappa shape index (κ3) is 3.59. The molecular formula is C17H29NO3. The van der Waals surface area contributed by atoms with Gasteiger partial charge in [0, 0.05) is 18.5 Å². The third-order valence-corrected chi connectivity index (χ3v) is 5.61. The second kappa shape index (κ2) is 6.25. The molecule has 0 unspecified atom stereocenters. The van der Waals surface area contributed by atoms with Gasteiger partial charge in [0.25, 0.3) is 0 Å². The molecule has 120 valence electrons. The summed E-state index contributed by atoms with van der Waals surface area (Å²) in [4.78, 5) is 14.4. The van der Waals surface area contributed by atoms with Crippen molar-refractivity contribution in [1.82, 2.24) is 4.90 Å². The average molecular weight is 295 g/mol. The molecule has 1 heterocycles. The molecule has 1 aliphatic heterocycles. The number of amides is 1. The smallest absolute Gasteiger partial charge is 0.248 e. The number of rotatable bonds is 5. The Kier molecular flexibility index (Phi) is 4.55. The van der Waals surface area contributed by atoms with Crippen molar-refractivity contribution in [1.29, 1.82) is 0 Å². The van der Waals surface area contributed by atoms with Crippen molar-refractivity contribution in [3.63, 3.8) is 0 Å². The summed E-state index contributed by atoms with van der Waals surface area (Å²) in [7, 11) is 0. The van der Waals surface area contributed by atoms with Gasteiger partial charge in [0.15, 0.2) is 0 Å². The highest BCUT2D eigenvalue weighted by atomic mass is 16.5. The van der Waals surface area contributed by atoms with Crippen LogP contribution in [0.5, 0.6) is 0 Å². The Labute approximate surface area is 127 Å². The fourth-order valence-corrected chi connectivity index (χ4v) is 4.15. The molecule has 4 heteroatoms. The highest BCUT2D eigenvalue weighted by Crippen LogP contribution is 2.40. The first kappa shape index (κ1) is 15.3. The van der Waals surface area contributed by atoms with Gasteiger partial charge in [0.1, 0.15) is 6.61 Å². The SMILES string of the molecule is C[C@]1(O)CCCC[C@@H]1[C@H]1CCCN1C(=O)COCC1CC1. The van der Waals surface area contributed by atoms with Gasteiger partial charge < -0.3 is 14.7 Å². The first-order valence-corrected chi connectivity index (χ1v) is 8.67. The summed E-state index contributed by atoms with van der Waals surface area (Å²) in [5, 5.41) is 10.7. The molecule has 1 N–H and O–H groups in total. The van der Waals surface area contributed by atoms with Gasteiger partial charge in [-0.25, -0.2) is 0 Å². The van der Waals surface area contributed by atoms with Crippen LogP contribution in [0, 0.1) is 11.8 Å². The molecule has 3 fully saturated rings. The number of aliphatic hydroxyl groups is 1. The Balaban J connectivity index is 1.57. The van der Waals surface area contributed by atoms with Crippen molar-refractivity contribution in [2.75, 3.05) is 19.8 Å². The summed E-state index contributed by atoms with van der Waals surface area (Å²) < 4.78 is 5.57. The lowest BCUT2D eigenvalue weighted by atomic mass is 9.72. The molecule has 2 saturated carbocycles. The molecule has 0 bridgehead atoms. The van der Waals surface area contributed by atoms with Crippen LogP contribution in [0.2, 0.25) is 0 Å². The second-order valence-corrected chi connectivity index (χ2v) is 7.46. The van der Waals surface area contributed by atoms with Crippen molar-refractivity contribution < 1.29 is 14.6 Å². The zero-order chi connectivity index (χ0) is 14.9. The Morgan fingerprint density at radius 3 is 2.76 bits per heavy atom. The van der Waals surface area contributed by atoms with Crippen LogP contribution in [0.1, 0.15) is 58.3 Å². The lowest BCUT2D eigenvalue weighted by molar-refractivity contribution is -0.141. The standard InChI is InChI=1S/C17H29NO3/c1-17(20)9-3-2-5-14(17)15-6-4-10-18(15)16(19)12-21-11-13-7-8-13/h13-15,20H,2-12H2,1H3/t14-,15-,17+/m1/s1. The van der Waals surface area contributed by atoms with Crippen LogP contribution in [0.3, 0.4) is 0 Å². The number of nitrogens with zero attached hydrogens (tertiary/aromatic N) is 1. The van der Waals surface area contributed by atoms with E-state index in [9.17, 15) is 9.90 Å². The number of hydrogen-bond acceptors (Lipinski definition) is 3. The number of likely N-dealkylation sites (tertiary alicyclic amines) is 1. The minimum Gasteiger partial charge on any atom is -0.390 e. The summed E-state index contributed by atoms with van der Waals surface area (Å²) >= 11 is 0. The van der Waals surface area contributed by atoms with Gasteiger partial charge in [0.05, 0.1) is 12.2 Å². The summed E-state index contributed by atoms with van der Waals surface area (Å²) in [6.45, 7) is 3.76. The largest absolute Gasteiger partial charge is 0.390 e. The van der Waals surface area contributed by atoms with Crippen molar-refractivity contribution in [2.45, 2.75) is 69.9 Å². The Hall–Kier alpha value is -0.610. The van der Waals surface area contributed by atoms with Crippen molar-refractivity contribution >= 4 is 5.91 Å². The molecule has 4 nitrogen and oxygen atoms in total. The Morgan fingerprint density at radius 1 is 1.24 bits per heavy atom. The van der Waals surface area contributed by atoms with E-state index in [2.05, 4.69) is 0 Å². The van der Waals surface area contributed by atoms with Gasteiger partial charge in [-0.1, -0.05) is 12.8 Å². The molecule has 3 rings (SSSR count). The van der Waals surface area contributed by atoms with E-state index in [0.29, 0.717) is 5.92 Å². The van der Waals surface area contributed by atoms with E-state index in [0.717, 1.165) is 45.3 Å². The highest BCUT2D eigenvalue weighted by Gasteiger charge is 2.44. The number of hydrogen-bond donors (Lipinski definition) is 1. The van der Waals surface area contributed by atoms with Crippen LogP contribution in [0.25, 0.3) is 0 Å². The van der Waals surface area contributed by atoms with Crippen LogP contribution in [0.15, 0.2) is 0 Å². The molecular weight excluding hydrogens is 266 g/mol. The third-order valence-electron chi connectivity index (χ3n) is 5.61. The van der Waals surface area contributed by atoms with Gasteiger partial charge in [-0.3, -0.25) is 4.79 Å². The van der Waals surface area contributed by atoms with E-state index in [1.165, 1.54) is 19.3 Å². The second-order valence-electron chi connectivity index (χ2n) is 7.46. The molecule has 0 aromatic heterocycles. The summed E-state index contributed by atoms with van der Waals surface area (Å²) in [5.74, 6) is 1.06. The quantitative estimate of drug-likeness (QED) is 0.847. The van der Waals surface area contributed by atoms with E-state index in [4.69, 9.17) is 4.74 Å². The van der Waals surface area contributed by atoms with E-state index < -0.39 is 5.60 Å². The molecule has 0 aromatic carbocycles. The number of carbonyl (C=O) groups is 1. The topological polar surface area (TPSA) is 49.8 Å². The van der Waals surface area contributed by atoms with Crippen LogP contribution in [-0.2, 0) is 9.53 Å². The van der Waals surface area contributed by atoms with Crippen molar-refractivity contribution in [3.05, 3.63) is 0 Å². The van der Waals surface area contributed by atoms with E-state index in [1.54, 1.807) is 0 Å². The molecule has 0 aromatic rings. The summed E-state index contributed by atoms with van der Waals surface area (Å²) in [6, 6.07) is 0.220. The Morgan fingerprint density at radius 2 is 2.05 bits per heavy atom. The minimum atomic E-state index is -0.610. The molecule has 3 aliphatic rings. The zero-order valence-corrected chi connectivity index (χ0v) is 13.2. The zero-order valence-electron chi connectivity index (χ0n) is 13.2. The molecule has 21 heavy (non-hydrogen) atoms. The maximum absolute atomic E-state index is 12.4. The highest BCUT2D eigenvalue weighted by molar-refractivity contribution is 5.78. The fraction of sp³-hybridized carbons (Fsp3) is 0.941. The van der Waals surface area contributed by atoms with Crippen LogP contribution >= 0.6 is 0 Å². The number of carbonyl (C=O) groups excluding carboxylic acids is 1. The predicted molar refractivity (Wildman–Crippen MR) is 80.9 cm³/mol. The monoisotopic (exact) mass is 295 g/mol. The van der Waals surface area contributed by atoms with Crippen molar-refractivity contribution in [2.24, 2.45) is 11.8 Å². The first-order valence-electron chi connectivity index (χ1n) is 8.67. The average Bonchev–Trinajstić information content (AvgIpc) is 3.13. The van der Waals surface area contributed by atoms with Gasteiger partial charge in [0.2, 0.25) is 5.91 Å². The van der Waals surface area contributed by atoms with Crippen LogP contribution in [-0.4, -0.2) is 47.3 Å². The summed E-state index contributed by atoms with van der Waals surface area (Å²) in [6.07, 6.45) is 8.81. The maximum Gasteiger partial charge on any atom is 0.248 e.